The van der Waals surface area contributed by atoms with Gasteiger partial charge in [0.1, 0.15) is 0 Å². The van der Waals surface area contributed by atoms with Crippen molar-refractivity contribution in [2.24, 2.45) is 0 Å². The van der Waals surface area contributed by atoms with Gasteiger partial charge in [-0.2, -0.15) is 12.2 Å². The topological polar surface area (TPSA) is 0 Å². The molecular formula is C11H11ClSiZr. The van der Waals surface area contributed by atoms with E-state index < -0.39 is 8.80 Å². The average Bonchev–Trinajstić information content (AvgIpc) is 2.76. The van der Waals surface area contributed by atoms with E-state index in [1.54, 1.807) is 0 Å². The molecule has 0 atom stereocenters. The molecule has 0 saturated heterocycles. The van der Waals surface area contributed by atoms with Crippen molar-refractivity contribution in [2.45, 2.75) is 12.8 Å². The zero-order valence-corrected chi connectivity index (χ0v) is 12.3. The molecule has 0 N–H and O–H groups in total. The fourth-order valence-electron chi connectivity index (χ4n) is 1.66. The summed E-state index contributed by atoms with van der Waals surface area (Å²) in [5.41, 5.74) is 0.763. The minimum Gasteiger partial charge on any atom is -0.274 e. The van der Waals surface area contributed by atoms with Crippen LogP contribution in [0.4, 0.5) is 0 Å². The van der Waals surface area contributed by atoms with E-state index in [9.17, 15) is 0 Å². The molecule has 0 heterocycles. The molecule has 70 valence electrons. The van der Waals surface area contributed by atoms with Crippen LogP contribution < -0.4 is 0 Å². The van der Waals surface area contributed by atoms with Crippen LogP contribution in [0, 0.1) is 12.2 Å². The maximum Gasteiger partial charge on any atom is 2.00 e. The number of rotatable bonds is 3. The molecule has 0 radical (unpaired) electrons. The summed E-state index contributed by atoms with van der Waals surface area (Å²) in [6.07, 6.45) is 17.3. The Morgan fingerprint density at radius 1 is 1.14 bits per heavy atom. The Morgan fingerprint density at radius 3 is 1.93 bits per heavy atom. The third-order valence-corrected chi connectivity index (χ3v) is 5.88. The molecule has 0 spiro atoms. The fourth-order valence-corrected chi connectivity index (χ4v) is 4.79. The van der Waals surface area contributed by atoms with E-state index in [0.29, 0.717) is 0 Å². The Kier molecular flexibility index (Phi) is 5.36. The Balaban J connectivity index is 0.000000980. The second kappa shape index (κ2) is 6.05. The van der Waals surface area contributed by atoms with Gasteiger partial charge < -0.3 is 0 Å². The first-order chi connectivity index (χ1) is 6.42. The van der Waals surface area contributed by atoms with E-state index >= 15 is 0 Å². The minimum atomic E-state index is -1.11. The van der Waals surface area contributed by atoms with E-state index in [-0.39, 0.29) is 26.2 Å². The van der Waals surface area contributed by atoms with Gasteiger partial charge in [-0.15, -0.1) is 24.4 Å². The van der Waals surface area contributed by atoms with Gasteiger partial charge in [0.15, 0.2) is 0 Å². The molecule has 2 aliphatic rings. The van der Waals surface area contributed by atoms with Crippen molar-refractivity contribution in [3.63, 3.8) is 0 Å². The van der Waals surface area contributed by atoms with Gasteiger partial charge in [0.25, 0.3) is 0 Å². The summed E-state index contributed by atoms with van der Waals surface area (Å²) in [5.74, 6) is 0. The summed E-state index contributed by atoms with van der Waals surface area (Å²) in [6, 6.07) is 0. The van der Waals surface area contributed by atoms with E-state index in [1.807, 2.05) is 0 Å². The molecule has 0 aromatic rings. The minimum absolute atomic E-state index is 0. The Hall–Kier alpha value is 0.350. The molecule has 14 heavy (non-hydrogen) atoms. The first-order valence-electron chi connectivity index (χ1n) is 4.52. The number of hydrogen-bond acceptors (Lipinski definition) is 0. The fraction of sp³-hybridized carbons (Fsp3) is 0.273. The van der Waals surface area contributed by atoms with Gasteiger partial charge >= 0.3 is 26.2 Å². The van der Waals surface area contributed by atoms with Crippen LogP contribution in [-0.2, 0) is 26.2 Å². The summed E-state index contributed by atoms with van der Waals surface area (Å²) < 4.78 is 0. The van der Waals surface area contributed by atoms with Crippen molar-refractivity contribution in [1.29, 1.82) is 0 Å². The van der Waals surface area contributed by atoms with Gasteiger partial charge in [-0.1, -0.05) is 0 Å². The molecule has 0 unspecified atom stereocenters. The summed E-state index contributed by atoms with van der Waals surface area (Å²) in [4.78, 5) is 0. The Morgan fingerprint density at radius 2 is 1.64 bits per heavy atom. The van der Waals surface area contributed by atoms with Gasteiger partial charge in [-0.25, -0.2) is 22.5 Å². The standard InChI is InChI=1S/C11H11ClSi.Zr/c12-9-13(10-5-1-2-6-10)11-7-3-4-8-11;/h1,3,5,7,13H,2,4,9H2;/q-2;+2. The molecule has 0 saturated carbocycles. The van der Waals surface area contributed by atoms with Crippen LogP contribution in [0.25, 0.3) is 0 Å². The molecule has 0 bridgehead atoms. The van der Waals surface area contributed by atoms with E-state index in [1.165, 1.54) is 10.4 Å². The number of alkyl halides is 1. The van der Waals surface area contributed by atoms with E-state index in [4.69, 9.17) is 11.6 Å². The monoisotopic (exact) mass is 296 g/mol. The summed E-state index contributed by atoms with van der Waals surface area (Å²) in [6.45, 7) is 0. The predicted molar refractivity (Wildman–Crippen MR) is 58.9 cm³/mol. The molecule has 0 aromatic carbocycles. The van der Waals surface area contributed by atoms with Crippen molar-refractivity contribution < 1.29 is 26.2 Å². The first-order valence-corrected chi connectivity index (χ1v) is 7.03. The molecule has 0 amide bonds. The van der Waals surface area contributed by atoms with Crippen LogP contribution in [-0.4, -0.2) is 14.3 Å². The molecule has 3 heteroatoms. The smallest absolute Gasteiger partial charge is 0.274 e. The van der Waals surface area contributed by atoms with Crippen molar-refractivity contribution in [3.05, 3.63) is 46.8 Å². The van der Waals surface area contributed by atoms with Crippen LogP contribution in [0.15, 0.2) is 34.7 Å². The molecular weight excluding hydrogens is 287 g/mol. The third-order valence-electron chi connectivity index (χ3n) is 2.35. The van der Waals surface area contributed by atoms with Crippen LogP contribution in [0.3, 0.4) is 0 Å². The SMILES string of the molecule is ClC[SiH](C1=[C-]CC=C1)C1=[C-]CC=C1.[Zr+2]. The maximum atomic E-state index is 6.00. The van der Waals surface area contributed by atoms with Crippen molar-refractivity contribution >= 4 is 20.4 Å². The molecule has 0 fully saturated rings. The Bertz CT molecular complexity index is 285. The van der Waals surface area contributed by atoms with Gasteiger partial charge in [0, 0.05) is 14.3 Å². The number of halogens is 1. The largest absolute Gasteiger partial charge is 2.00 e. The van der Waals surface area contributed by atoms with Crippen LogP contribution in [0.1, 0.15) is 12.8 Å². The van der Waals surface area contributed by atoms with E-state index in [2.05, 4.69) is 36.5 Å². The van der Waals surface area contributed by atoms with Gasteiger partial charge in [0.2, 0.25) is 0 Å². The molecule has 0 nitrogen and oxygen atoms in total. The van der Waals surface area contributed by atoms with Crippen molar-refractivity contribution in [3.8, 4) is 0 Å². The zero-order chi connectivity index (χ0) is 9.10. The van der Waals surface area contributed by atoms with Crippen molar-refractivity contribution in [2.75, 3.05) is 5.50 Å². The molecule has 0 aliphatic heterocycles. The molecule has 0 aromatic heterocycles. The second-order valence-electron chi connectivity index (χ2n) is 3.18. The van der Waals surface area contributed by atoms with Gasteiger partial charge in [-0.3, -0.25) is 12.2 Å². The number of allylic oxidation sites excluding steroid dienone is 8. The molecule has 2 aliphatic carbocycles. The molecule has 2 rings (SSSR count). The van der Waals surface area contributed by atoms with E-state index in [0.717, 1.165) is 18.3 Å². The van der Waals surface area contributed by atoms with Crippen LogP contribution >= 0.6 is 11.6 Å². The third kappa shape index (κ3) is 2.68. The maximum absolute atomic E-state index is 6.00. The normalized spacial score (nSPS) is 18.4. The predicted octanol–water partition coefficient (Wildman–Crippen LogP) is 2.45. The van der Waals surface area contributed by atoms with Crippen molar-refractivity contribution in [1.82, 2.24) is 0 Å². The average molecular weight is 298 g/mol. The van der Waals surface area contributed by atoms with Gasteiger partial charge in [0.05, 0.1) is 0 Å². The van der Waals surface area contributed by atoms with Crippen LogP contribution in [0.2, 0.25) is 0 Å². The van der Waals surface area contributed by atoms with Gasteiger partial charge in [-0.05, 0) is 0 Å². The second-order valence-corrected chi connectivity index (χ2v) is 6.77. The van der Waals surface area contributed by atoms with Crippen LogP contribution in [0.5, 0.6) is 0 Å². The summed E-state index contributed by atoms with van der Waals surface area (Å²) in [5, 5.41) is 2.73. The number of hydrogen-bond donors (Lipinski definition) is 0. The quantitative estimate of drug-likeness (QED) is 0.426. The summed E-state index contributed by atoms with van der Waals surface area (Å²) >= 11 is 6.00. The Labute approximate surface area is 111 Å². The zero-order valence-electron chi connectivity index (χ0n) is 7.89. The summed E-state index contributed by atoms with van der Waals surface area (Å²) in [7, 11) is -1.11. The first kappa shape index (κ1) is 12.4.